The number of aromatic nitrogens is 2. The van der Waals surface area contributed by atoms with Gasteiger partial charge >= 0.3 is 0 Å². The molecule has 0 saturated carbocycles. The van der Waals surface area contributed by atoms with Gasteiger partial charge in [0.2, 0.25) is 5.95 Å². The largest absolute Gasteiger partial charge is 0.494 e. The topological polar surface area (TPSA) is 104 Å². The Balaban J connectivity index is 0.00000190. The molecule has 2 aromatic carbocycles. The predicted molar refractivity (Wildman–Crippen MR) is 142 cm³/mol. The summed E-state index contributed by atoms with van der Waals surface area (Å²) in [5, 5.41) is 0. The maximum atomic E-state index is 8.81. The van der Waals surface area contributed by atoms with Gasteiger partial charge in [0.05, 0.1) is 12.3 Å². The quantitative estimate of drug-likeness (QED) is 0.393. The molecule has 0 aliphatic heterocycles. The molecule has 35 heavy (non-hydrogen) atoms. The SMILES string of the molecule is C=O.CC(C)CCOc1ccc(C(C)(C)c2ccc(OCc3ccnc(N)n3)cc2)cc1.CC=O.[HH]. The maximum absolute atomic E-state index is 8.81. The summed E-state index contributed by atoms with van der Waals surface area (Å²) in [6.07, 6.45) is 3.44. The standard InChI is InChI=1S/C25H31N3O2.C2H4O.CH2O.H2/c1-18(2)14-16-29-22-9-5-19(6-10-22)25(3,4)20-7-11-23(12-8-20)30-17-21-13-15-27-24(26)28-21;1-2-3;1-2;/h5-13,15,18H,14,16-17H2,1-4H3,(H2,26,27,28);2H,1H3;1H2;1H. The van der Waals surface area contributed by atoms with E-state index in [4.69, 9.17) is 24.8 Å². The van der Waals surface area contributed by atoms with Gasteiger partial charge in [-0.1, -0.05) is 52.0 Å². The summed E-state index contributed by atoms with van der Waals surface area (Å²) in [5.74, 6) is 2.61. The van der Waals surface area contributed by atoms with Gasteiger partial charge in [-0.25, -0.2) is 9.97 Å². The summed E-state index contributed by atoms with van der Waals surface area (Å²) in [5.41, 5.74) is 8.69. The molecule has 1 aromatic heterocycles. The molecule has 0 saturated heterocycles. The van der Waals surface area contributed by atoms with Gasteiger partial charge in [-0.3, -0.25) is 0 Å². The number of carbonyl (C=O) groups excluding carboxylic acids is 2. The van der Waals surface area contributed by atoms with Crippen LogP contribution in [0, 0.1) is 5.92 Å². The number of hydrogen-bond acceptors (Lipinski definition) is 7. The summed E-state index contributed by atoms with van der Waals surface area (Å²) in [7, 11) is 0. The Labute approximate surface area is 210 Å². The molecule has 0 atom stereocenters. The van der Waals surface area contributed by atoms with Crippen molar-refractivity contribution in [2.45, 2.75) is 53.1 Å². The number of carbonyl (C=O) groups is 2. The first kappa shape index (κ1) is 29.3. The molecule has 2 N–H and O–H groups in total. The predicted octanol–water partition coefficient (Wildman–Crippen LogP) is 5.65. The van der Waals surface area contributed by atoms with E-state index in [1.807, 2.05) is 18.9 Å². The van der Waals surface area contributed by atoms with Gasteiger partial charge in [0.15, 0.2) is 0 Å². The molecule has 190 valence electrons. The lowest BCUT2D eigenvalue weighted by Crippen LogP contribution is -2.18. The third-order valence-corrected chi connectivity index (χ3v) is 5.23. The number of nitrogens with two attached hydrogens (primary N) is 1. The molecule has 0 amide bonds. The zero-order chi connectivity index (χ0) is 26.3. The number of nitrogens with zero attached hydrogens (tertiary/aromatic N) is 2. The number of anilines is 1. The van der Waals surface area contributed by atoms with Crippen molar-refractivity contribution >= 4 is 19.0 Å². The molecular formula is C28H39N3O4. The Hall–Kier alpha value is -3.74. The second kappa shape index (κ2) is 15.2. The van der Waals surface area contributed by atoms with Gasteiger partial charge in [0.25, 0.3) is 0 Å². The Kier molecular flexibility index (Phi) is 12.7. The molecule has 0 aliphatic rings. The van der Waals surface area contributed by atoms with Gasteiger partial charge in [-0.2, -0.15) is 0 Å². The molecule has 0 aliphatic carbocycles. The highest BCUT2D eigenvalue weighted by atomic mass is 16.5. The lowest BCUT2D eigenvalue weighted by molar-refractivity contribution is -0.106. The van der Waals surface area contributed by atoms with Crippen LogP contribution < -0.4 is 15.2 Å². The van der Waals surface area contributed by atoms with Crippen LogP contribution in [0.2, 0.25) is 0 Å². The number of ether oxygens (including phenoxy) is 2. The third-order valence-electron chi connectivity index (χ3n) is 5.23. The van der Waals surface area contributed by atoms with E-state index in [1.165, 1.54) is 18.1 Å². The molecule has 7 heteroatoms. The van der Waals surface area contributed by atoms with Crippen molar-refractivity contribution in [3.63, 3.8) is 0 Å². The normalized spacial score (nSPS) is 10.3. The van der Waals surface area contributed by atoms with Crippen molar-refractivity contribution in [1.29, 1.82) is 0 Å². The molecule has 0 unspecified atom stereocenters. The van der Waals surface area contributed by atoms with E-state index >= 15 is 0 Å². The van der Waals surface area contributed by atoms with Crippen LogP contribution in [0.4, 0.5) is 5.95 Å². The van der Waals surface area contributed by atoms with Crippen LogP contribution in [-0.4, -0.2) is 29.7 Å². The first-order valence-electron chi connectivity index (χ1n) is 11.5. The fourth-order valence-corrected chi connectivity index (χ4v) is 3.17. The van der Waals surface area contributed by atoms with Crippen LogP contribution in [0.3, 0.4) is 0 Å². The lowest BCUT2D eigenvalue weighted by atomic mass is 9.78. The molecule has 0 spiro atoms. The highest BCUT2D eigenvalue weighted by Gasteiger charge is 2.23. The Morgan fingerprint density at radius 2 is 1.46 bits per heavy atom. The van der Waals surface area contributed by atoms with E-state index in [2.05, 4.69) is 74.1 Å². The van der Waals surface area contributed by atoms with Gasteiger partial charge in [0, 0.05) is 13.0 Å². The van der Waals surface area contributed by atoms with Crippen molar-refractivity contribution in [2.75, 3.05) is 12.3 Å². The monoisotopic (exact) mass is 481 g/mol. The summed E-state index contributed by atoms with van der Waals surface area (Å²) >= 11 is 0. The Bertz CT molecular complexity index is 1010. The fourth-order valence-electron chi connectivity index (χ4n) is 3.17. The zero-order valence-corrected chi connectivity index (χ0v) is 21.4. The van der Waals surface area contributed by atoms with Crippen LogP contribution in [0.5, 0.6) is 11.5 Å². The smallest absolute Gasteiger partial charge is 0.220 e. The van der Waals surface area contributed by atoms with E-state index in [0.717, 1.165) is 36.5 Å². The van der Waals surface area contributed by atoms with Crippen molar-refractivity contribution < 1.29 is 20.5 Å². The third kappa shape index (κ3) is 9.96. The van der Waals surface area contributed by atoms with Crippen LogP contribution >= 0.6 is 0 Å². The molecule has 7 nitrogen and oxygen atoms in total. The maximum Gasteiger partial charge on any atom is 0.220 e. The average molecular weight is 482 g/mol. The Morgan fingerprint density at radius 3 is 1.91 bits per heavy atom. The summed E-state index contributed by atoms with van der Waals surface area (Å²) in [6, 6.07) is 18.4. The summed E-state index contributed by atoms with van der Waals surface area (Å²) in [6.45, 7) is 13.4. The first-order valence-corrected chi connectivity index (χ1v) is 11.5. The van der Waals surface area contributed by atoms with Crippen molar-refractivity contribution in [3.8, 4) is 11.5 Å². The minimum Gasteiger partial charge on any atom is -0.494 e. The van der Waals surface area contributed by atoms with Crippen molar-refractivity contribution in [3.05, 3.63) is 77.6 Å². The molecule has 0 fully saturated rings. The number of rotatable bonds is 9. The van der Waals surface area contributed by atoms with E-state index < -0.39 is 0 Å². The van der Waals surface area contributed by atoms with Crippen LogP contribution in [0.15, 0.2) is 60.8 Å². The first-order chi connectivity index (χ1) is 16.8. The van der Waals surface area contributed by atoms with Crippen molar-refractivity contribution in [1.82, 2.24) is 9.97 Å². The fraction of sp³-hybridized carbons (Fsp3) is 0.357. The number of nitrogen functional groups attached to an aromatic ring is 1. The van der Waals surface area contributed by atoms with Crippen LogP contribution in [0.1, 0.15) is 59.3 Å². The Morgan fingerprint density at radius 1 is 0.971 bits per heavy atom. The average Bonchev–Trinajstić information content (AvgIpc) is 2.85. The van der Waals surface area contributed by atoms with Crippen LogP contribution in [-0.2, 0) is 21.6 Å². The highest BCUT2D eigenvalue weighted by molar-refractivity contribution is 5.44. The van der Waals surface area contributed by atoms with E-state index in [-0.39, 0.29) is 12.8 Å². The lowest BCUT2D eigenvalue weighted by Gasteiger charge is -2.26. The summed E-state index contributed by atoms with van der Waals surface area (Å²) in [4.78, 5) is 24.8. The molecule has 0 radical (unpaired) electrons. The molecule has 0 bridgehead atoms. The minimum absolute atomic E-state index is 0. The zero-order valence-electron chi connectivity index (χ0n) is 21.4. The molecular weight excluding hydrogens is 442 g/mol. The van der Waals surface area contributed by atoms with Crippen LogP contribution in [0.25, 0.3) is 0 Å². The van der Waals surface area contributed by atoms with Gasteiger partial charge < -0.3 is 24.8 Å². The minimum atomic E-state index is -0.129. The second-order valence-corrected chi connectivity index (χ2v) is 8.64. The van der Waals surface area contributed by atoms with E-state index in [9.17, 15) is 0 Å². The second-order valence-electron chi connectivity index (χ2n) is 8.64. The summed E-state index contributed by atoms with van der Waals surface area (Å²) < 4.78 is 11.7. The van der Waals surface area contributed by atoms with Gasteiger partial charge in [-0.15, -0.1) is 0 Å². The molecule has 3 aromatic rings. The van der Waals surface area contributed by atoms with Crippen molar-refractivity contribution in [2.24, 2.45) is 5.92 Å². The number of aldehydes is 1. The number of hydrogen-bond donors (Lipinski definition) is 1. The molecule has 3 rings (SSSR count). The van der Waals surface area contributed by atoms with Gasteiger partial charge in [0.1, 0.15) is 31.2 Å². The number of benzene rings is 2. The van der Waals surface area contributed by atoms with Gasteiger partial charge in [-0.05, 0) is 60.7 Å². The van der Waals surface area contributed by atoms with E-state index in [0.29, 0.717) is 12.5 Å². The highest BCUT2D eigenvalue weighted by Crippen LogP contribution is 2.33. The molecule has 1 heterocycles. The van der Waals surface area contributed by atoms with E-state index in [1.54, 1.807) is 12.3 Å².